The van der Waals surface area contributed by atoms with Crippen LogP contribution in [0.5, 0.6) is 5.75 Å². The van der Waals surface area contributed by atoms with Crippen molar-refractivity contribution >= 4 is 5.69 Å². The summed E-state index contributed by atoms with van der Waals surface area (Å²) in [6.07, 6.45) is 0.226. The monoisotopic (exact) mass is 241 g/mol. The topological polar surface area (TPSA) is 70.8 Å². The van der Waals surface area contributed by atoms with Crippen molar-refractivity contribution in [3.05, 3.63) is 34.4 Å². The predicted octanol–water partition coefficient (Wildman–Crippen LogP) is 1.98. The van der Waals surface area contributed by atoms with Gasteiger partial charge in [0.15, 0.2) is 6.29 Å². The molecular weight excluding hydrogens is 226 g/mol. The van der Waals surface area contributed by atoms with E-state index in [4.69, 9.17) is 14.2 Å². The fourth-order valence-electron chi connectivity index (χ4n) is 1.29. The van der Waals surface area contributed by atoms with Crippen LogP contribution in [0.4, 0.5) is 5.69 Å². The molecule has 1 aromatic carbocycles. The number of non-ortho nitro benzene ring substituents is 1. The molecule has 0 unspecified atom stereocenters. The van der Waals surface area contributed by atoms with E-state index >= 15 is 0 Å². The van der Waals surface area contributed by atoms with Crippen molar-refractivity contribution in [1.29, 1.82) is 0 Å². The first-order chi connectivity index (χ1) is 8.17. The summed E-state index contributed by atoms with van der Waals surface area (Å²) in [6, 6.07) is 6.05. The molecule has 0 aliphatic rings. The molecule has 0 saturated carbocycles. The van der Waals surface area contributed by atoms with Gasteiger partial charge in [-0.2, -0.15) is 0 Å². The molecule has 0 radical (unpaired) electrons. The van der Waals surface area contributed by atoms with Gasteiger partial charge in [0.2, 0.25) is 0 Å². The first-order valence-corrected chi connectivity index (χ1v) is 5.10. The third kappa shape index (κ3) is 4.38. The number of methoxy groups -OCH3 is 2. The Kier molecular flexibility index (Phi) is 5.38. The molecule has 0 bridgehead atoms. The van der Waals surface area contributed by atoms with E-state index in [-0.39, 0.29) is 12.0 Å². The van der Waals surface area contributed by atoms with Crippen LogP contribution in [-0.2, 0) is 9.47 Å². The van der Waals surface area contributed by atoms with E-state index in [9.17, 15) is 10.1 Å². The predicted molar refractivity (Wildman–Crippen MR) is 61.0 cm³/mol. The van der Waals surface area contributed by atoms with Gasteiger partial charge in [0, 0.05) is 26.7 Å². The molecule has 0 spiro atoms. The second-order valence-electron chi connectivity index (χ2n) is 3.29. The molecule has 6 heteroatoms. The average Bonchev–Trinajstić information content (AvgIpc) is 2.35. The Balaban J connectivity index is 2.46. The average molecular weight is 241 g/mol. The van der Waals surface area contributed by atoms with Crippen LogP contribution >= 0.6 is 0 Å². The molecule has 6 nitrogen and oxygen atoms in total. The SMILES string of the molecule is COC(CCOc1cccc([N+](=O)[O-])c1)OC. The maximum atomic E-state index is 10.5. The molecule has 1 aromatic rings. The lowest BCUT2D eigenvalue weighted by Crippen LogP contribution is -2.16. The molecule has 0 N–H and O–H groups in total. The number of nitro groups is 1. The lowest BCUT2D eigenvalue weighted by atomic mass is 10.3. The van der Waals surface area contributed by atoms with Crippen LogP contribution in [0.3, 0.4) is 0 Å². The smallest absolute Gasteiger partial charge is 0.273 e. The van der Waals surface area contributed by atoms with Crippen molar-refractivity contribution in [3.8, 4) is 5.75 Å². The highest BCUT2D eigenvalue weighted by molar-refractivity contribution is 5.37. The van der Waals surface area contributed by atoms with E-state index in [0.29, 0.717) is 18.8 Å². The molecular formula is C11H15NO5. The standard InChI is InChI=1S/C11H15NO5/c1-15-11(16-2)6-7-17-10-5-3-4-9(8-10)12(13)14/h3-5,8,11H,6-7H2,1-2H3. The minimum absolute atomic E-state index is 0.0116. The third-order valence-corrected chi connectivity index (χ3v) is 2.18. The van der Waals surface area contributed by atoms with Crippen molar-refractivity contribution in [2.45, 2.75) is 12.7 Å². The van der Waals surface area contributed by atoms with Crippen molar-refractivity contribution < 1.29 is 19.1 Å². The van der Waals surface area contributed by atoms with E-state index in [1.165, 1.54) is 12.1 Å². The van der Waals surface area contributed by atoms with Gasteiger partial charge in [-0.05, 0) is 6.07 Å². The quantitative estimate of drug-likeness (QED) is 0.414. The highest BCUT2D eigenvalue weighted by atomic mass is 16.7. The van der Waals surface area contributed by atoms with Gasteiger partial charge in [-0.25, -0.2) is 0 Å². The Morgan fingerprint density at radius 1 is 1.35 bits per heavy atom. The summed E-state index contributed by atoms with van der Waals surface area (Å²) in [5, 5.41) is 10.5. The maximum Gasteiger partial charge on any atom is 0.273 e. The van der Waals surface area contributed by atoms with Gasteiger partial charge >= 0.3 is 0 Å². The Morgan fingerprint density at radius 2 is 2.06 bits per heavy atom. The lowest BCUT2D eigenvalue weighted by molar-refractivity contribution is -0.384. The zero-order valence-corrected chi connectivity index (χ0v) is 9.79. The van der Waals surface area contributed by atoms with E-state index in [0.717, 1.165) is 0 Å². The molecule has 0 heterocycles. The lowest BCUT2D eigenvalue weighted by Gasteiger charge is -2.13. The summed E-state index contributed by atoms with van der Waals surface area (Å²) in [7, 11) is 3.09. The van der Waals surface area contributed by atoms with Crippen LogP contribution in [0.25, 0.3) is 0 Å². The third-order valence-electron chi connectivity index (χ3n) is 2.18. The second-order valence-corrected chi connectivity index (χ2v) is 3.29. The number of nitrogens with zero attached hydrogens (tertiary/aromatic N) is 1. The Morgan fingerprint density at radius 3 is 2.65 bits per heavy atom. The summed E-state index contributed by atoms with van der Waals surface area (Å²) >= 11 is 0. The van der Waals surface area contributed by atoms with Gasteiger partial charge in [-0.15, -0.1) is 0 Å². The van der Waals surface area contributed by atoms with Crippen LogP contribution in [0.1, 0.15) is 6.42 Å². The van der Waals surface area contributed by atoms with E-state index in [2.05, 4.69) is 0 Å². The summed E-state index contributed by atoms with van der Waals surface area (Å²) in [4.78, 5) is 10.1. The highest BCUT2D eigenvalue weighted by Gasteiger charge is 2.08. The van der Waals surface area contributed by atoms with Gasteiger partial charge < -0.3 is 14.2 Å². The molecule has 0 saturated heterocycles. The molecule has 94 valence electrons. The molecule has 0 aliphatic heterocycles. The first kappa shape index (κ1) is 13.4. The molecule has 0 fully saturated rings. The van der Waals surface area contributed by atoms with Gasteiger partial charge in [0.25, 0.3) is 5.69 Å². The highest BCUT2D eigenvalue weighted by Crippen LogP contribution is 2.19. The maximum absolute atomic E-state index is 10.5. The summed E-state index contributed by atoms with van der Waals surface area (Å²) in [6.45, 7) is 0.369. The van der Waals surface area contributed by atoms with Crippen LogP contribution < -0.4 is 4.74 Å². The van der Waals surface area contributed by atoms with Crippen LogP contribution in [0.15, 0.2) is 24.3 Å². The van der Waals surface area contributed by atoms with Crippen LogP contribution in [0, 0.1) is 10.1 Å². The minimum atomic E-state index is -0.458. The zero-order chi connectivity index (χ0) is 12.7. The number of hydrogen-bond acceptors (Lipinski definition) is 5. The molecule has 0 aliphatic carbocycles. The van der Waals surface area contributed by atoms with E-state index in [1.54, 1.807) is 26.4 Å². The molecule has 0 amide bonds. The van der Waals surface area contributed by atoms with Gasteiger partial charge in [-0.1, -0.05) is 6.07 Å². The fraction of sp³-hybridized carbons (Fsp3) is 0.455. The zero-order valence-electron chi connectivity index (χ0n) is 9.79. The molecule has 0 aromatic heterocycles. The van der Waals surface area contributed by atoms with Gasteiger partial charge in [0.05, 0.1) is 17.6 Å². The molecule has 1 rings (SSSR count). The number of nitro benzene ring substituents is 1. The largest absolute Gasteiger partial charge is 0.493 e. The second kappa shape index (κ2) is 6.82. The van der Waals surface area contributed by atoms with Gasteiger partial charge in [-0.3, -0.25) is 10.1 Å². The normalized spacial score (nSPS) is 10.5. The number of ether oxygens (including phenoxy) is 3. The van der Waals surface area contributed by atoms with Crippen molar-refractivity contribution in [1.82, 2.24) is 0 Å². The first-order valence-electron chi connectivity index (χ1n) is 5.10. The Labute approximate surface area is 99.2 Å². The van der Waals surface area contributed by atoms with E-state index in [1.807, 2.05) is 0 Å². The van der Waals surface area contributed by atoms with Crippen LogP contribution in [-0.4, -0.2) is 32.0 Å². The van der Waals surface area contributed by atoms with E-state index < -0.39 is 4.92 Å². The van der Waals surface area contributed by atoms with Crippen molar-refractivity contribution in [3.63, 3.8) is 0 Å². The van der Waals surface area contributed by atoms with Crippen molar-refractivity contribution in [2.75, 3.05) is 20.8 Å². The molecule has 17 heavy (non-hydrogen) atoms. The Bertz CT molecular complexity index is 365. The summed E-state index contributed by atoms with van der Waals surface area (Å²) in [5.74, 6) is 0.463. The Hall–Kier alpha value is -1.66. The summed E-state index contributed by atoms with van der Waals surface area (Å²) < 4.78 is 15.3. The van der Waals surface area contributed by atoms with Crippen LogP contribution in [0.2, 0.25) is 0 Å². The van der Waals surface area contributed by atoms with Gasteiger partial charge in [0.1, 0.15) is 5.75 Å². The summed E-state index contributed by atoms with van der Waals surface area (Å²) in [5.41, 5.74) is 0.0116. The number of rotatable bonds is 7. The molecule has 0 atom stereocenters. The minimum Gasteiger partial charge on any atom is -0.493 e. The number of benzene rings is 1. The van der Waals surface area contributed by atoms with Crippen molar-refractivity contribution in [2.24, 2.45) is 0 Å². The fourth-order valence-corrected chi connectivity index (χ4v) is 1.29. The number of hydrogen-bond donors (Lipinski definition) is 0.